The molecular formula is C24H20ClN5O2S. The molecule has 0 aliphatic rings. The molecule has 166 valence electrons. The van der Waals surface area contributed by atoms with Crippen LogP contribution in [0.2, 0.25) is 5.02 Å². The number of halogens is 1. The molecule has 0 aliphatic carbocycles. The second-order valence-electron chi connectivity index (χ2n) is 7.01. The van der Waals surface area contributed by atoms with E-state index in [2.05, 4.69) is 21.0 Å². The maximum Gasteiger partial charge on any atom is 0.269 e. The van der Waals surface area contributed by atoms with E-state index in [1.165, 1.54) is 11.8 Å². The van der Waals surface area contributed by atoms with E-state index in [1.54, 1.807) is 30.3 Å². The van der Waals surface area contributed by atoms with Crippen LogP contribution >= 0.6 is 23.4 Å². The second-order valence-corrected chi connectivity index (χ2v) is 8.36. The number of amides is 2. The Kier molecular flexibility index (Phi) is 7.39. The number of benzene rings is 3. The molecule has 0 radical (unpaired) electrons. The Labute approximate surface area is 200 Å². The maximum absolute atomic E-state index is 12.3. The fraction of sp³-hybridized carbons (Fsp3) is 0.0833. The molecule has 0 saturated heterocycles. The first-order valence-corrected chi connectivity index (χ1v) is 11.5. The lowest BCUT2D eigenvalue weighted by molar-refractivity contribution is -0.119. The molecule has 0 saturated carbocycles. The molecule has 2 N–H and O–H groups in total. The Morgan fingerprint density at radius 2 is 1.52 bits per heavy atom. The first-order chi connectivity index (χ1) is 16.1. The standard InChI is InChI=1S/C24H20ClN5O2S/c25-20-14-8-7-13-19(20)22-27-29-24(30(22)15-17-9-3-1-4-10-17)33-16-21(31)26-28-23(32)18-11-5-2-6-12-18/h1-14H,15-16H2,(H,26,31)(H,28,32). The molecule has 1 heterocycles. The molecule has 33 heavy (non-hydrogen) atoms. The Morgan fingerprint density at radius 1 is 0.848 bits per heavy atom. The van der Waals surface area contributed by atoms with Gasteiger partial charge in [-0.05, 0) is 29.8 Å². The van der Waals surface area contributed by atoms with Gasteiger partial charge in [-0.1, -0.05) is 84.0 Å². The zero-order chi connectivity index (χ0) is 23.0. The summed E-state index contributed by atoms with van der Waals surface area (Å²) < 4.78 is 1.93. The third-order valence-electron chi connectivity index (χ3n) is 4.70. The average molecular weight is 478 g/mol. The minimum atomic E-state index is -0.387. The fourth-order valence-corrected chi connectivity index (χ4v) is 4.06. The highest BCUT2D eigenvalue weighted by atomic mass is 35.5. The summed E-state index contributed by atoms with van der Waals surface area (Å²) in [7, 11) is 0. The summed E-state index contributed by atoms with van der Waals surface area (Å²) in [5.74, 6) is -0.0883. The molecule has 0 atom stereocenters. The summed E-state index contributed by atoms with van der Waals surface area (Å²) in [5, 5.41) is 9.77. The molecule has 9 heteroatoms. The number of carbonyl (C=O) groups excluding carboxylic acids is 2. The largest absolute Gasteiger partial charge is 0.297 e. The number of hydrogen-bond acceptors (Lipinski definition) is 5. The normalized spacial score (nSPS) is 10.6. The van der Waals surface area contributed by atoms with Gasteiger partial charge in [-0.15, -0.1) is 10.2 Å². The van der Waals surface area contributed by atoms with Crippen LogP contribution in [-0.2, 0) is 11.3 Å². The van der Waals surface area contributed by atoms with E-state index in [-0.39, 0.29) is 17.6 Å². The van der Waals surface area contributed by atoms with Crippen molar-refractivity contribution in [1.29, 1.82) is 0 Å². The van der Waals surface area contributed by atoms with Crippen LogP contribution in [0.25, 0.3) is 11.4 Å². The number of hydrogen-bond donors (Lipinski definition) is 2. The zero-order valence-electron chi connectivity index (χ0n) is 17.4. The molecule has 0 unspecified atom stereocenters. The van der Waals surface area contributed by atoms with Crippen LogP contribution in [0, 0.1) is 0 Å². The van der Waals surface area contributed by atoms with E-state index in [0.717, 1.165) is 11.1 Å². The van der Waals surface area contributed by atoms with Crippen LogP contribution in [0.4, 0.5) is 0 Å². The molecule has 1 aromatic heterocycles. The van der Waals surface area contributed by atoms with Crippen LogP contribution in [0.3, 0.4) is 0 Å². The van der Waals surface area contributed by atoms with E-state index >= 15 is 0 Å². The minimum absolute atomic E-state index is 0.0461. The molecule has 2 amide bonds. The Balaban J connectivity index is 1.47. The molecule has 0 aliphatic heterocycles. The quantitative estimate of drug-likeness (QED) is 0.307. The highest BCUT2D eigenvalue weighted by Gasteiger charge is 2.18. The summed E-state index contributed by atoms with van der Waals surface area (Å²) in [6, 6.07) is 26.0. The van der Waals surface area contributed by atoms with Gasteiger partial charge in [0.1, 0.15) is 0 Å². The minimum Gasteiger partial charge on any atom is -0.297 e. The van der Waals surface area contributed by atoms with Gasteiger partial charge in [-0.2, -0.15) is 0 Å². The van der Waals surface area contributed by atoms with Gasteiger partial charge >= 0.3 is 0 Å². The topological polar surface area (TPSA) is 88.9 Å². The van der Waals surface area contributed by atoms with Gasteiger partial charge in [0, 0.05) is 11.1 Å². The van der Waals surface area contributed by atoms with Crippen LogP contribution in [-0.4, -0.2) is 32.3 Å². The van der Waals surface area contributed by atoms with Crippen molar-refractivity contribution < 1.29 is 9.59 Å². The van der Waals surface area contributed by atoms with Gasteiger partial charge < -0.3 is 0 Å². The Bertz CT molecular complexity index is 1250. The van der Waals surface area contributed by atoms with E-state index in [0.29, 0.717) is 28.1 Å². The van der Waals surface area contributed by atoms with Crippen molar-refractivity contribution in [2.75, 3.05) is 5.75 Å². The lowest BCUT2D eigenvalue weighted by Crippen LogP contribution is -2.42. The van der Waals surface area contributed by atoms with Crippen molar-refractivity contribution in [2.24, 2.45) is 0 Å². The fourth-order valence-electron chi connectivity index (χ4n) is 3.10. The van der Waals surface area contributed by atoms with E-state index in [1.807, 2.05) is 59.2 Å². The summed E-state index contributed by atoms with van der Waals surface area (Å²) in [6.07, 6.45) is 0. The first-order valence-electron chi connectivity index (χ1n) is 10.1. The summed E-state index contributed by atoms with van der Waals surface area (Å²) in [6.45, 7) is 0.517. The highest BCUT2D eigenvalue weighted by molar-refractivity contribution is 7.99. The van der Waals surface area contributed by atoms with Gasteiger partial charge in [-0.25, -0.2) is 0 Å². The number of rotatable bonds is 7. The lowest BCUT2D eigenvalue weighted by atomic mass is 10.2. The zero-order valence-corrected chi connectivity index (χ0v) is 19.0. The number of hydrazine groups is 1. The predicted octanol–water partition coefficient (Wildman–Crippen LogP) is 4.20. The highest BCUT2D eigenvalue weighted by Crippen LogP contribution is 2.29. The van der Waals surface area contributed by atoms with Crippen LogP contribution < -0.4 is 10.9 Å². The third-order valence-corrected chi connectivity index (χ3v) is 6.00. The predicted molar refractivity (Wildman–Crippen MR) is 129 cm³/mol. The third kappa shape index (κ3) is 5.79. The number of nitrogens with one attached hydrogen (secondary N) is 2. The molecule has 0 spiro atoms. The molecule has 3 aromatic carbocycles. The average Bonchev–Trinajstić information content (AvgIpc) is 3.24. The first kappa shape index (κ1) is 22.6. The van der Waals surface area contributed by atoms with Crippen molar-refractivity contribution >= 4 is 35.2 Å². The summed E-state index contributed by atoms with van der Waals surface area (Å²) in [5.41, 5.74) is 7.12. The number of carbonyl (C=O) groups is 2. The smallest absolute Gasteiger partial charge is 0.269 e. The summed E-state index contributed by atoms with van der Waals surface area (Å²) in [4.78, 5) is 24.4. The molecular weight excluding hydrogens is 458 g/mol. The van der Waals surface area contributed by atoms with E-state index in [4.69, 9.17) is 11.6 Å². The second kappa shape index (κ2) is 10.8. The Morgan fingerprint density at radius 3 is 2.24 bits per heavy atom. The number of nitrogens with zero attached hydrogens (tertiary/aromatic N) is 3. The lowest BCUT2D eigenvalue weighted by Gasteiger charge is -2.11. The van der Waals surface area contributed by atoms with Crippen molar-refractivity contribution in [3.8, 4) is 11.4 Å². The number of thioether (sulfide) groups is 1. The molecule has 4 rings (SSSR count). The van der Waals surface area contributed by atoms with Crippen LogP contribution in [0.1, 0.15) is 15.9 Å². The van der Waals surface area contributed by atoms with Crippen molar-refractivity contribution in [2.45, 2.75) is 11.7 Å². The summed E-state index contributed by atoms with van der Waals surface area (Å²) >= 11 is 7.63. The molecule has 4 aromatic rings. The SMILES string of the molecule is O=C(CSc1nnc(-c2ccccc2Cl)n1Cc1ccccc1)NNC(=O)c1ccccc1. The van der Waals surface area contributed by atoms with Gasteiger partial charge in [0.25, 0.3) is 5.91 Å². The van der Waals surface area contributed by atoms with E-state index < -0.39 is 0 Å². The van der Waals surface area contributed by atoms with Gasteiger partial charge in [0.15, 0.2) is 11.0 Å². The van der Waals surface area contributed by atoms with Crippen LogP contribution in [0.15, 0.2) is 90.1 Å². The molecule has 7 nitrogen and oxygen atoms in total. The van der Waals surface area contributed by atoms with Gasteiger partial charge in [0.2, 0.25) is 5.91 Å². The van der Waals surface area contributed by atoms with Gasteiger partial charge in [-0.3, -0.25) is 25.0 Å². The number of aromatic nitrogens is 3. The van der Waals surface area contributed by atoms with Gasteiger partial charge in [0.05, 0.1) is 17.3 Å². The maximum atomic E-state index is 12.3. The molecule has 0 bridgehead atoms. The van der Waals surface area contributed by atoms with Crippen molar-refractivity contribution in [3.05, 3.63) is 101 Å². The van der Waals surface area contributed by atoms with Crippen LogP contribution in [0.5, 0.6) is 0 Å². The monoisotopic (exact) mass is 477 g/mol. The van der Waals surface area contributed by atoms with Crippen molar-refractivity contribution in [1.82, 2.24) is 25.6 Å². The Hall–Kier alpha value is -3.62. The van der Waals surface area contributed by atoms with Crippen molar-refractivity contribution in [3.63, 3.8) is 0 Å². The van der Waals surface area contributed by atoms with E-state index in [9.17, 15) is 9.59 Å². The molecule has 0 fully saturated rings.